The van der Waals surface area contributed by atoms with Crippen molar-refractivity contribution in [3.05, 3.63) is 53.2 Å². The molecule has 3 rings (SSSR count). The van der Waals surface area contributed by atoms with Crippen molar-refractivity contribution < 1.29 is 13.9 Å². The van der Waals surface area contributed by atoms with Crippen LogP contribution in [0.5, 0.6) is 0 Å². The lowest BCUT2D eigenvalue weighted by molar-refractivity contribution is -0.00907. The van der Waals surface area contributed by atoms with E-state index in [9.17, 15) is 4.79 Å². The molecule has 1 aliphatic heterocycles. The van der Waals surface area contributed by atoms with E-state index in [1.165, 1.54) is 0 Å². The molecular weight excluding hydrogens is 280 g/mol. The Hall–Kier alpha value is -2.14. The molecule has 5 nitrogen and oxygen atoms in total. The maximum atomic E-state index is 12.9. The number of rotatable bonds is 3. The van der Waals surface area contributed by atoms with E-state index in [0.717, 1.165) is 23.6 Å². The van der Waals surface area contributed by atoms with Gasteiger partial charge < -0.3 is 14.1 Å². The van der Waals surface area contributed by atoms with Crippen LogP contribution in [0.3, 0.4) is 0 Å². The minimum Gasteiger partial charge on any atom is -0.464 e. The van der Waals surface area contributed by atoms with Crippen LogP contribution in [0, 0.1) is 6.92 Å². The van der Waals surface area contributed by atoms with Gasteiger partial charge in [-0.3, -0.25) is 9.78 Å². The van der Waals surface area contributed by atoms with E-state index in [1.807, 2.05) is 36.9 Å². The van der Waals surface area contributed by atoms with Crippen LogP contribution in [0.1, 0.15) is 40.5 Å². The van der Waals surface area contributed by atoms with Crippen LogP contribution in [0.4, 0.5) is 0 Å². The average molecular weight is 300 g/mol. The summed E-state index contributed by atoms with van der Waals surface area (Å²) >= 11 is 0. The molecule has 0 aliphatic carbocycles. The zero-order chi connectivity index (χ0) is 15.5. The van der Waals surface area contributed by atoms with Crippen molar-refractivity contribution in [1.82, 2.24) is 9.88 Å². The van der Waals surface area contributed by atoms with E-state index < -0.39 is 0 Å². The third kappa shape index (κ3) is 2.76. The molecule has 2 aromatic heterocycles. The van der Waals surface area contributed by atoms with E-state index in [4.69, 9.17) is 9.15 Å². The van der Waals surface area contributed by atoms with Gasteiger partial charge in [0, 0.05) is 24.9 Å². The number of hydrogen-bond acceptors (Lipinski definition) is 4. The molecule has 1 atom stereocenters. The number of morpholine rings is 1. The zero-order valence-electron chi connectivity index (χ0n) is 12.9. The van der Waals surface area contributed by atoms with Crippen LogP contribution in [0.25, 0.3) is 0 Å². The maximum Gasteiger partial charge on any atom is 0.256 e. The van der Waals surface area contributed by atoms with E-state index in [1.54, 1.807) is 12.3 Å². The first-order valence-corrected chi connectivity index (χ1v) is 7.59. The first-order chi connectivity index (χ1) is 10.7. The Balaban J connectivity index is 1.89. The largest absolute Gasteiger partial charge is 0.464 e. The summed E-state index contributed by atoms with van der Waals surface area (Å²) in [6.45, 7) is 5.46. The van der Waals surface area contributed by atoms with Gasteiger partial charge in [-0.15, -0.1) is 0 Å². The van der Waals surface area contributed by atoms with Crippen molar-refractivity contribution >= 4 is 5.91 Å². The first-order valence-electron chi connectivity index (χ1n) is 7.59. The highest BCUT2D eigenvalue weighted by molar-refractivity contribution is 5.95. The van der Waals surface area contributed by atoms with Crippen LogP contribution >= 0.6 is 0 Å². The maximum absolute atomic E-state index is 12.9. The Morgan fingerprint density at radius 3 is 3.00 bits per heavy atom. The SMILES string of the molecule is CCc1ccc(C2COCCN2C(=O)c2cccnc2C)o1. The quantitative estimate of drug-likeness (QED) is 0.874. The van der Waals surface area contributed by atoms with E-state index in [-0.39, 0.29) is 11.9 Å². The van der Waals surface area contributed by atoms with Gasteiger partial charge in [0.25, 0.3) is 5.91 Å². The van der Waals surface area contributed by atoms with Crippen LogP contribution in [-0.2, 0) is 11.2 Å². The van der Waals surface area contributed by atoms with Gasteiger partial charge in [-0.25, -0.2) is 0 Å². The molecule has 1 unspecified atom stereocenters. The third-order valence-corrected chi connectivity index (χ3v) is 3.99. The Bertz CT molecular complexity index is 665. The summed E-state index contributed by atoms with van der Waals surface area (Å²) in [7, 11) is 0. The van der Waals surface area contributed by atoms with Crippen molar-refractivity contribution in [1.29, 1.82) is 0 Å². The molecule has 0 spiro atoms. The van der Waals surface area contributed by atoms with Crippen molar-refractivity contribution in [2.45, 2.75) is 26.3 Å². The van der Waals surface area contributed by atoms with Crippen LogP contribution in [0.15, 0.2) is 34.9 Å². The molecule has 5 heteroatoms. The summed E-state index contributed by atoms with van der Waals surface area (Å²) in [5.41, 5.74) is 1.38. The van der Waals surface area contributed by atoms with Gasteiger partial charge >= 0.3 is 0 Å². The van der Waals surface area contributed by atoms with Gasteiger partial charge in [-0.2, -0.15) is 0 Å². The lowest BCUT2D eigenvalue weighted by atomic mass is 10.1. The Kier molecular flexibility index (Phi) is 4.24. The highest BCUT2D eigenvalue weighted by atomic mass is 16.5. The summed E-state index contributed by atoms with van der Waals surface area (Å²) in [5.74, 6) is 1.69. The fourth-order valence-corrected chi connectivity index (χ4v) is 2.71. The number of hydrogen-bond donors (Lipinski definition) is 0. The van der Waals surface area contributed by atoms with Gasteiger partial charge in [-0.1, -0.05) is 6.92 Å². The second-order valence-electron chi connectivity index (χ2n) is 5.38. The molecule has 3 heterocycles. The molecule has 2 aromatic rings. The van der Waals surface area contributed by atoms with Gasteiger partial charge in [0.1, 0.15) is 17.6 Å². The monoisotopic (exact) mass is 300 g/mol. The Morgan fingerprint density at radius 1 is 1.41 bits per heavy atom. The van der Waals surface area contributed by atoms with Gasteiger partial charge in [0.2, 0.25) is 0 Å². The van der Waals surface area contributed by atoms with Crippen LogP contribution in [-0.4, -0.2) is 35.5 Å². The van der Waals surface area contributed by atoms with Crippen LogP contribution < -0.4 is 0 Å². The summed E-state index contributed by atoms with van der Waals surface area (Å²) in [4.78, 5) is 18.9. The van der Waals surface area contributed by atoms with E-state index >= 15 is 0 Å². The number of pyridine rings is 1. The molecule has 1 aliphatic rings. The Labute approximate surface area is 129 Å². The average Bonchev–Trinajstić information content (AvgIpc) is 3.04. The molecule has 0 aromatic carbocycles. The number of aryl methyl sites for hydroxylation is 2. The summed E-state index contributed by atoms with van der Waals surface area (Å²) in [6, 6.07) is 7.33. The molecule has 0 saturated carbocycles. The molecule has 1 fully saturated rings. The Morgan fingerprint density at radius 2 is 2.27 bits per heavy atom. The fraction of sp³-hybridized carbons (Fsp3) is 0.412. The molecule has 1 amide bonds. The number of aromatic nitrogens is 1. The van der Waals surface area contributed by atoms with Crippen molar-refractivity contribution in [2.24, 2.45) is 0 Å². The number of amides is 1. The molecule has 116 valence electrons. The van der Waals surface area contributed by atoms with Gasteiger partial charge in [0.05, 0.1) is 18.8 Å². The molecule has 0 bridgehead atoms. The van der Waals surface area contributed by atoms with Crippen molar-refractivity contribution in [2.75, 3.05) is 19.8 Å². The van der Waals surface area contributed by atoms with E-state index in [2.05, 4.69) is 4.98 Å². The number of carbonyl (C=O) groups is 1. The standard InChI is InChI=1S/C17H20N2O3/c1-3-13-6-7-16(22-13)15-11-21-10-9-19(15)17(20)14-5-4-8-18-12(14)2/h4-8,15H,3,9-11H2,1-2H3. The predicted molar refractivity (Wildman–Crippen MR) is 81.7 cm³/mol. The molecule has 1 saturated heterocycles. The number of nitrogens with zero attached hydrogens (tertiary/aromatic N) is 2. The van der Waals surface area contributed by atoms with Crippen molar-refractivity contribution in [3.8, 4) is 0 Å². The van der Waals surface area contributed by atoms with Gasteiger partial charge in [-0.05, 0) is 31.2 Å². The second kappa shape index (κ2) is 6.32. The van der Waals surface area contributed by atoms with Gasteiger partial charge in [0.15, 0.2) is 0 Å². The highest BCUT2D eigenvalue weighted by Gasteiger charge is 2.32. The normalized spacial score (nSPS) is 18.5. The molecular formula is C17H20N2O3. The first kappa shape index (κ1) is 14.8. The number of ether oxygens (including phenoxy) is 1. The summed E-state index contributed by atoms with van der Waals surface area (Å²) < 4.78 is 11.4. The second-order valence-corrected chi connectivity index (χ2v) is 5.38. The smallest absolute Gasteiger partial charge is 0.256 e. The molecule has 0 N–H and O–H groups in total. The van der Waals surface area contributed by atoms with Crippen molar-refractivity contribution in [3.63, 3.8) is 0 Å². The molecule has 22 heavy (non-hydrogen) atoms. The summed E-state index contributed by atoms with van der Waals surface area (Å²) in [5, 5.41) is 0. The number of carbonyl (C=O) groups excluding carboxylic acids is 1. The number of furan rings is 1. The minimum atomic E-state index is -0.179. The third-order valence-electron chi connectivity index (χ3n) is 3.99. The highest BCUT2D eigenvalue weighted by Crippen LogP contribution is 2.28. The van der Waals surface area contributed by atoms with E-state index in [0.29, 0.717) is 25.3 Å². The zero-order valence-corrected chi connectivity index (χ0v) is 12.9. The predicted octanol–water partition coefficient (Wildman–Crippen LogP) is 2.76. The summed E-state index contributed by atoms with van der Waals surface area (Å²) in [6.07, 6.45) is 2.53. The topological polar surface area (TPSA) is 55.6 Å². The van der Waals surface area contributed by atoms with Crippen LogP contribution in [0.2, 0.25) is 0 Å². The molecule has 0 radical (unpaired) electrons. The lowest BCUT2D eigenvalue weighted by Gasteiger charge is -2.34. The fourth-order valence-electron chi connectivity index (χ4n) is 2.71. The minimum absolute atomic E-state index is 0.0200. The lowest BCUT2D eigenvalue weighted by Crippen LogP contribution is -2.43.